The van der Waals surface area contributed by atoms with Gasteiger partial charge in [0, 0.05) is 6.42 Å². The van der Waals surface area contributed by atoms with Gasteiger partial charge in [0.05, 0.1) is 20.3 Å². The van der Waals surface area contributed by atoms with Gasteiger partial charge in [0.2, 0.25) is 0 Å². The summed E-state index contributed by atoms with van der Waals surface area (Å²) in [5, 5.41) is 9.54. The molecule has 2 atom stereocenters. The van der Waals surface area contributed by atoms with Crippen LogP contribution in [0.4, 0.5) is 0 Å². The van der Waals surface area contributed by atoms with Crippen molar-refractivity contribution in [2.45, 2.75) is 108 Å². The van der Waals surface area contributed by atoms with Crippen molar-refractivity contribution in [3.63, 3.8) is 0 Å². The molecule has 0 aliphatic carbocycles. The first-order valence-electron chi connectivity index (χ1n) is 10.4. The van der Waals surface area contributed by atoms with Crippen molar-refractivity contribution in [1.82, 2.24) is 0 Å². The Balaban J connectivity index is 4.16. The van der Waals surface area contributed by atoms with E-state index in [0.717, 1.165) is 58.5 Å². The third-order valence-electron chi connectivity index (χ3n) is 4.98. The molecule has 0 aromatic rings. The van der Waals surface area contributed by atoms with E-state index in [2.05, 4.69) is 15.8 Å². The number of hydrogen-bond acceptors (Lipinski definition) is 6. The van der Waals surface area contributed by atoms with E-state index in [1.807, 2.05) is 0 Å². The van der Waals surface area contributed by atoms with Crippen LogP contribution in [0.3, 0.4) is 0 Å². The molecule has 2 unspecified atom stereocenters. The average molecular weight is 409 g/mol. The SMILES string of the molecule is CCCCCCCCC(O)C(CCCCCCCC(=O)OC)S(=O)(=O)OC. The van der Waals surface area contributed by atoms with E-state index in [0.29, 0.717) is 19.3 Å². The number of carbonyl (C=O) groups is 1. The Morgan fingerprint density at radius 2 is 1.37 bits per heavy atom. The summed E-state index contributed by atoms with van der Waals surface area (Å²) in [6.07, 6.45) is 11.3. The minimum atomic E-state index is -3.73. The molecule has 6 nitrogen and oxygen atoms in total. The van der Waals surface area contributed by atoms with E-state index in [4.69, 9.17) is 0 Å². The van der Waals surface area contributed by atoms with Crippen molar-refractivity contribution in [1.29, 1.82) is 0 Å². The lowest BCUT2D eigenvalue weighted by molar-refractivity contribution is -0.140. The summed E-state index contributed by atoms with van der Waals surface area (Å²) < 4.78 is 33.6. The van der Waals surface area contributed by atoms with E-state index < -0.39 is 21.5 Å². The van der Waals surface area contributed by atoms with Gasteiger partial charge in [-0.25, -0.2) is 0 Å². The molecule has 0 saturated heterocycles. The van der Waals surface area contributed by atoms with Crippen molar-refractivity contribution in [3.05, 3.63) is 0 Å². The number of methoxy groups -OCH3 is 1. The highest BCUT2D eigenvalue weighted by molar-refractivity contribution is 7.87. The second kappa shape index (κ2) is 16.3. The molecule has 0 saturated carbocycles. The van der Waals surface area contributed by atoms with E-state index in [9.17, 15) is 18.3 Å². The molecule has 162 valence electrons. The van der Waals surface area contributed by atoms with Crippen molar-refractivity contribution in [2.75, 3.05) is 14.2 Å². The van der Waals surface area contributed by atoms with Crippen molar-refractivity contribution < 1.29 is 27.2 Å². The van der Waals surface area contributed by atoms with Crippen LogP contribution in [0.1, 0.15) is 96.8 Å². The first-order chi connectivity index (χ1) is 12.9. The third kappa shape index (κ3) is 13.2. The summed E-state index contributed by atoms with van der Waals surface area (Å²) in [5.41, 5.74) is 0. The number of aliphatic hydroxyl groups is 1. The van der Waals surface area contributed by atoms with Crippen LogP contribution in [0, 0.1) is 0 Å². The lowest BCUT2D eigenvalue weighted by Crippen LogP contribution is -2.35. The van der Waals surface area contributed by atoms with Crippen LogP contribution in [0.5, 0.6) is 0 Å². The summed E-state index contributed by atoms with van der Waals surface area (Å²) >= 11 is 0. The molecule has 0 amide bonds. The zero-order chi connectivity index (χ0) is 20.5. The van der Waals surface area contributed by atoms with Crippen LogP contribution in [0.2, 0.25) is 0 Å². The Kier molecular flexibility index (Phi) is 15.9. The molecule has 0 bridgehead atoms. The van der Waals surface area contributed by atoms with Crippen LogP contribution in [0.15, 0.2) is 0 Å². The van der Waals surface area contributed by atoms with E-state index in [-0.39, 0.29) is 5.97 Å². The molecular formula is C20H40O6S. The highest BCUT2D eigenvalue weighted by Gasteiger charge is 2.31. The highest BCUT2D eigenvalue weighted by atomic mass is 32.2. The summed E-state index contributed by atoms with van der Waals surface area (Å²) in [6, 6.07) is 0. The molecular weight excluding hydrogens is 368 g/mol. The third-order valence-corrected chi connectivity index (χ3v) is 6.74. The fourth-order valence-corrected chi connectivity index (χ4v) is 4.44. The lowest BCUT2D eigenvalue weighted by Gasteiger charge is -2.22. The molecule has 1 N–H and O–H groups in total. The maximum Gasteiger partial charge on any atom is 0.305 e. The van der Waals surface area contributed by atoms with Gasteiger partial charge in [0.25, 0.3) is 10.1 Å². The summed E-state index contributed by atoms with van der Waals surface area (Å²) in [4.78, 5) is 11.0. The Labute approximate surface area is 166 Å². The fraction of sp³-hybridized carbons (Fsp3) is 0.950. The highest BCUT2D eigenvalue weighted by Crippen LogP contribution is 2.21. The number of ether oxygens (including phenoxy) is 1. The molecule has 0 rings (SSSR count). The Bertz CT molecular complexity index is 463. The van der Waals surface area contributed by atoms with Gasteiger partial charge in [-0.1, -0.05) is 71.1 Å². The number of rotatable bonds is 18. The molecule has 0 aromatic heterocycles. The molecule has 27 heavy (non-hydrogen) atoms. The van der Waals surface area contributed by atoms with Gasteiger partial charge in [0.15, 0.2) is 0 Å². The normalized spacial score (nSPS) is 14.1. The van der Waals surface area contributed by atoms with Crippen molar-refractivity contribution in [2.24, 2.45) is 0 Å². The zero-order valence-electron chi connectivity index (χ0n) is 17.5. The first-order valence-corrected chi connectivity index (χ1v) is 11.9. The van der Waals surface area contributed by atoms with Crippen molar-refractivity contribution in [3.8, 4) is 0 Å². The van der Waals surface area contributed by atoms with E-state index >= 15 is 0 Å². The molecule has 0 aromatic carbocycles. The van der Waals surface area contributed by atoms with E-state index in [1.54, 1.807) is 0 Å². The fourth-order valence-electron chi connectivity index (χ4n) is 3.22. The predicted octanol–water partition coefficient (Wildman–Crippen LogP) is 4.35. The summed E-state index contributed by atoms with van der Waals surface area (Å²) in [5.74, 6) is -0.195. The van der Waals surface area contributed by atoms with Crippen LogP contribution in [0.25, 0.3) is 0 Å². The van der Waals surface area contributed by atoms with Gasteiger partial charge in [-0.05, 0) is 19.3 Å². The Hall–Kier alpha value is -0.660. The maximum absolute atomic E-state index is 12.2. The molecule has 0 fully saturated rings. The van der Waals surface area contributed by atoms with Crippen LogP contribution >= 0.6 is 0 Å². The molecule has 7 heteroatoms. The quantitative estimate of drug-likeness (QED) is 0.206. The second-order valence-electron chi connectivity index (χ2n) is 7.20. The minimum Gasteiger partial charge on any atom is -0.469 e. The second-order valence-corrected chi connectivity index (χ2v) is 9.13. The summed E-state index contributed by atoms with van der Waals surface area (Å²) in [7, 11) is -1.19. The molecule has 0 radical (unpaired) electrons. The van der Waals surface area contributed by atoms with Crippen LogP contribution in [-0.2, 0) is 23.8 Å². The minimum absolute atomic E-state index is 0.195. The van der Waals surface area contributed by atoms with Gasteiger partial charge in [-0.3, -0.25) is 8.98 Å². The van der Waals surface area contributed by atoms with E-state index in [1.165, 1.54) is 26.4 Å². The number of aliphatic hydroxyl groups excluding tert-OH is 1. The Morgan fingerprint density at radius 3 is 1.93 bits per heavy atom. The molecule has 0 aliphatic heterocycles. The predicted molar refractivity (Wildman–Crippen MR) is 108 cm³/mol. The number of unbranched alkanes of at least 4 members (excludes halogenated alkanes) is 9. The topological polar surface area (TPSA) is 89.9 Å². The Morgan fingerprint density at radius 1 is 0.852 bits per heavy atom. The van der Waals surface area contributed by atoms with Crippen molar-refractivity contribution >= 4 is 16.1 Å². The smallest absolute Gasteiger partial charge is 0.305 e. The average Bonchev–Trinajstić information content (AvgIpc) is 2.65. The molecule has 0 spiro atoms. The standard InChI is InChI=1S/C20H40O6S/c1-4-5-6-7-9-12-15-18(21)19(27(23,24)26-3)16-13-10-8-11-14-17-20(22)25-2/h18-19,21H,4-17H2,1-3H3. The zero-order valence-corrected chi connectivity index (χ0v) is 18.3. The summed E-state index contributed by atoms with van der Waals surface area (Å²) in [6.45, 7) is 2.17. The van der Waals surface area contributed by atoms with Gasteiger partial charge < -0.3 is 9.84 Å². The maximum atomic E-state index is 12.2. The monoisotopic (exact) mass is 408 g/mol. The van der Waals surface area contributed by atoms with Gasteiger partial charge in [-0.15, -0.1) is 0 Å². The number of hydrogen-bond donors (Lipinski definition) is 1. The van der Waals surface area contributed by atoms with Gasteiger partial charge in [0.1, 0.15) is 5.25 Å². The molecule has 0 aliphatic rings. The van der Waals surface area contributed by atoms with Crippen LogP contribution < -0.4 is 0 Å². The number of carbonyl (C=O) groups excluding carboxylic acids is 1. The molecule has 0 heterocycles. The first kappa shape index (κ1) is 26.3. The number of esters is 1. The van der Waals surface area contributed by atoms with Gasteiger partial charge in [-0.2, -0.15) is 8.42 Å². The largest absolute Gasteiger partial charge is 0.469 e. The lowest BCUT2D eigenvalue weighted by atomic mass is 10.0. The van der Waals surface area contributed by atoms with Gasteiger partial charge >= 0.3 is 5.97 Å². The van der Waals surface area contributed by atoms with Crippen LogP contribution in [-0.4, -0.2) is 45.1 Å².